The van der Waals surface area contributed by atoms with E-state index in [-0.39, 0.29) is 0 Å². The van der Waals surface area contributed by atoms with Crippen molar-refractivity contribution in [1.29, 1.82) is 0 Å². The molecule has 3 unspecified atom stereocenters. The summed E-state index contributed by atoms with van der Waals surface area (Å²) in [6.45, 7) is 7.40. The van der Waals surface area contributed by atoms with E-state index < -0.39 is 0 Å². The monoisotopic (exact) mass is 229 g/mol. The first-order valence-electron chi connectivity index (χ1n) is 6.53. The van der Waals surface area contributed by atoms with Crippen molar-refractivity contribution in [3.05, 3.63) is 0 Å². The van der Waals surface area contributed by atoms with Crippen LogP contribution in [0.4, 0.5) is 0 Å². The summed E-state index contributed by atoms with van der Waals surface area (Å²) < 4.78 is 11.4. The Kier molecular flexibility index (Phi) is 6.32. The van der Waals surface area contributed by atoms with Gasteiger partial charge in [-0.05, 0) is 32.6 Å². The first kappa shape index (κ1) is 13.9. The summed E-state index contributed by atoms with van der Waals surface area (Å²) in [6.07, 6.45) is 5.76. The fourth-order valence-corrected chi connectivity index (χ4v) is 2.22. The summed E-state index contributed by atoms with van der Waals surface area (Å²) in [5, 5.41) is 3.40. The second-order valence-corrected chi connectivity index (χ2v) is 5.16. The zero-order chi connectivity index (χ0) is 12.0. The van der Waals surface area contributed by atoms with Crippen LogP contribution in [0.2, 0.25) is 0 Å². The maximum Gasteiger partial charge on any atom is 0.0675 e. The molecule has 3 nitrogen and oxygen atoms in total. The number of hydrogen-bond acceptors (Lipinski definition) is 3. The Hall–Kier alpha value is -0.120. The van der Waals surface area contributed by atoms with Gasteiger partial charge >= 0.3 is 0 Å². The van der Waals surface area contributed by atoms with Gasteiger partial charge in [0.15, 0.2) is 0 Å². The molecule has 1 aliphatic carbocycles. The van der Waals surface area contributed by atoms with Crippen LogP contribution in [-0.4, -0.2) is 38.0 Å². The fourth-order valence-electron chi connectivity index (χ4n) is 2.22. The molecule has 0 aliphatic heterocycles. The first-order chi connectivity index (χ1) is 7.61. The summed E-state index contributed by atoms with van der Waals surface area (Å²) in [5.41, 5.74) is 0. The van der Waals surface area contributed by atoms with Gasteiger partial charge in [-0.15, -0.1) is 0 Å². The number of methoxy groups -OCH3 is 1. The minimum absolute atomic E-state index is 0.294. The van der Waals surface area contributed by atoms with Crippen molar-refractivity contribution in [3.8, 4) is 0 Å². The Morgan fingerprint density at radius 2 is 1.88 bits per heavy atom. The van der Waals surface area contributed by atoms with Gasteiger partial charge in [0, 0.05) is 19.7 Å². The minimum atomic E-state index is 0.294. The third-order valence-electron chi connectivity index (χ3n) is 3.15. The minimum Gasteiger partial charge on any atom is -0.381 e. The molecule has 96 valence electrons. The van der Waals surface area contributed by atoms with Crippen molar-refractivity contribution >= 4 is 0 Å². The molecule has 1 fully saturated rings. The van der Waals surface area contributed by atoms with E-state index in [0.717, 1.165) is 13.0 Å². The summed E-state index contributed by atoms with van der Waals surface area (Å²) in [4.78, 5) is 0. The van der Waals surface area contributed by atoms with E-state index >= 15 is 0 Å². The first-order valence-corrected chi connectivity index (χ1v) is 6.53. The van der Waals surface area contributed by atoms with Crippen molar-refractivity contribution < 1.29 is 9.47 Å². The fraction of sp³-hybridized carbons (Fsp3) is 1.00. The van der Waals surface area contributed by atoms with Crippen molar-refractivity contribution in [2.75, 3.05) is 13.7 Å². The van der Waals surface area contributed by atoms with Crippen molar-refractivity contribution in [3.63, 3.8) is 0 Å². The van der Waals surface area contributed by atoms with E-state index in [4.69, 9.17) is 9.47 Å². The molecule has 0 aromatic carbocycles. The SMILES string of the molecule is COC1CCCC(OC(C)CNC(C)C)C1. The lowest BCUT2D eigenvalue weighted by molar-refractivity contribution is -0.0584. The number of hydrogen-bond donors (Lipinski definition) is 1. The summed E-state index contributed by atoms with van der Waals surface area (Å²) in [7, 11) is 1.80. The van der Waals surface area contributed by atoms with Crippen LogP contribution in [-0.2, 0) is 9.47 Å². The highest BCUT2D eigenvalue weighted by atomic mass is 16.5. The highest BCUT2D eigenvalue weighted by Gasteiger charge is 2.23. The molecule has 1 rings (SSSR count). The normalized spacial score (nSPS) is 28.3. The zero-order valence-electron chi connectivity index (χ0n) is 11.2. The number of rotatable bonds is 6. The molecule has 0 heterocycles. The van der Waals surface area contributed by atoms with E-state index in [1.54, 1.807) is 7.11 Å². The van der Waals surface area contributed by atoms with E-state index in [1.165, 1.54) is 19.3 Å². The van der Waals surface area contributed by atoms with Crippen LogP contribution in [0.25, 0.3) is 0 Å². The standard InChI is InChI=1S/C13H27NO2/c1-10(2)14-9-11(3)16-13-7-5-6-12(8-13)15-4/h10-14H,5-9H2,1-4H3. The third kappa shape index (κ3) is 5.28. The summed E-state index contributed by atoms with van der Waals surface area (Å²) in [6, 6.07) is 0.532. The van der Waals surface area contributed by atoms with E-state index in [1.807, 2.05) is 0 Å². The highest BCUT2D eigenvalue weighted by Crippen LogP contribution is 2.23. The average Bonchev–Trinajstić information content (AvgIpc) is 2.26. The Bertz CT molecular complexity index is 185. The molecule has 0 spiro atoms. The third-order valence-corrected chi connectivity index (χ3v) is 3.15. The smallest absolute Gasteiger partial charge is 0.0675 e. The van der Waals surface area contributed by atoms with Gasteiger partial charge in [-0.25, -0.2) is 0 Å². The molecular weight excluding hydrogens is 202 g/mol. The van der Waals surface area contributed by atoms with Gasteiger partial charge in [-0.3, -0.25) is 0 Å². The van der Waals surface area contributed by atoms with Crippen LogP contribution >= 0.6 is 0 Å². The highest BCUT2D eigenvalue weighted by molar-refractivity contribution is 4.75. The van der Waals surface area contributed by atoms with E-state index in [9.17, 15) is 0 Å². The molecule has 0 aromatic rings. The van der Waals surface area contributed by atoms with Crippen LogP contribution < -0.4 is 5.32 Å². The lowest BCUT2D eigenvalue weighted by atomic mass is 9.95. The second kappa shape index (κ2) is 7.25. The van der Waals surface area contributed by atoms with Crippen molar-refractivity contribution in [2.24, 2.45) is 0 Å². The van der Waals surface area contributed by atoms with Crippen LogP contribution in [0.5, 0.6) is 0 Å². The quantitative estimate of drug-likeness (QED) is 0.758. The Balaban J connectivity index is 2.19. The van der Waals surface area contributed by atoms with E-state index in [0.29, 0.717) is 24.4 Å². The van der Waals surface area contributed by atoms with Gasteiger partial charge < -0.3 is 14.8 Å². The predicted molar refractivity (Wildman–Crippen MR) is 66.7 cm³/mol. The molecule has 16 heavy (non-hydrogen) atoms. The van der Waals surface area contributed by atoms with Gasteiger partial charge in [0.2, 0.25) is 0 Å². The molecule has 0 saturated heterocycles. The van der Waals surface area contributed by atoms with Gasteiger partial charge in [0.05, 0.1) is 18.3 Å². The summed E-state index contributed by atoms with van der Waals surface area (Å²) in [5.74, 6) is 0. The van der Waals surface area contributed by atoms with Gasteiger partial charge in [0.25, 0.3) is 0 Å². The van der Waals surface area contributed by atoms with Crippen molar-refractivity contribution in [1.82, 2.24) is 5.32 Å². The zero-order valence-corrected chi connectivity index (χ0v) is 11.2. The van der Waals surface area contributed by atoms with Crippen LogP contribution in [0.1, 0.15) is 46.5 Å². The molecule has 3 heteroatoms. The van der Waals surface area contributed by atoms with Crippen LogP contribution in [0.3, 0.4) is 0 Å². The van der Waals surface area contributed by atoms with Crippen molar-refractivity contribution in [2.45, 2.75) is 70.8 Å². The largest absolute Gasteiger partial charge is 0.381 e. The Morgan fingerprint density at radius 3 is 2.50 bits per heavy atom. The van der Waals surface area contributed by atoms with Gasteiger partial charge in [-0.1, -0.05) is 13.8 Å². The lowest BCUT2D eigenvalue weighted by Crippen LogP contribution is -2.36. The molecule has 0 aromatic heterocycles. The molecule has 1 saturated carbocycles. The molecule has 3 atom stereocenters. The average molecular weight is 229 g/mol. The Labute approximate surface area is 99.9 Å². The molecule has 0 radical (unpaired) electrons. The molecular formula is C13H27NO2. The molecule has 1 N–H and O–H groups in total. The maximum absolute atomic E-state index is 6.03. The second-order valence-electron chi connectivity index (χ2n) is 5.16. The Morgan fingerprint density at radius 1 is 1.19 bits per heavy atom. The molecule has 0 amide bonds. The number of nitrogens with one attached hydrogen (secondary N) is 1. The predicted octanol–water partition coefficient (Wildman–Crippen LogP) is 2.35. The van der Waals surface area contributed by atoms with Crippen LogP contribution in [0.15, 0.2) is 0 Å². The molecule has 1 aliphatic rings. The summed E-state index contributed by atoms with van der Waals surface area (Å²) >= 11 is 0. The van der Waals surface area contributed by atoms with E-state index in [2.05, 4.69) is 26.1 Å². The maximum atomic E-state index is 6.03. The van der Waals surface area contributed by atoms with Gasteiger partial charge in [-0.2, -0.15) is 0 Å². The lowest BCUT2D eigenvalue weighted by Gasteiger charge is -2.30. The van der Waals surface area contributed by atoms with Gasteiger partial charge in [0.1, 0.15) is 0 Å². The van der Waals surface area contributed by atoms with Crippen LogP contribution in [0, 0.1) is 0 Å². The molecule has 0 bridgehead atoms. The number of ether oxygens (including phenoxy) is 2. The topological polar surface area (TPSA) is 30.5 Å².